The molecular formula is C14H18N4O. The van der Waals surface area contributed by atoms with Crippen molar-refractivity contribution in [3.8, 4) is 11.4 Å². The Bertz CT molecular complexity index is 521. The monoisotopic (exact) mass is 258 g/mol. The number of carbonyl (C=O) groups excluding carboxylic acids is 1. The van der Waals surface area contributed by atoms with E-state index in [0.29, 0.717) is 6.42 Å². The molecule has 0 spiro atoms. The van der Waals surface area contributed by atoms with Crippen LogP contribution >= 0.6 is 0 Å². The van der Waals surface area contributed by atoms with Crippen LogP contribution in [0.25, 0.3) is 11.4 Å². The molecule has 5 nitrogen and oxygen atoms in total. The number of nitrogens with zero attached hydrogens (tertiary/aromatic N) is 2. The van der Waals surface area contributed by atoms with Gasteiger partial charge in [-0.3, -0.25) is 10.2 Å². The Labute approximate surface area is 112 Å². The fourth-order valence-corrected chi connectivity index (χ4v) is 1.98. The molecule has 0 saturated carbocycles. The number of hydrogen-bond donors (Lipinski definition) is 2. The van der Waals surface area contributed by atoms with Gasteiger partial charge in [0.2, 0.25) is 5.91 Å². The van der Waals surface area contributed by atoms with Crippen LogP contribution in [-0.2, 0) is 11.3 Å². The van der Waals surface area contributed by atoms with E-state index in [4.69, 9.17) is 5.84 Å². The van der Waals surface area contributed by atoms with Gasteiger partial charge in [-0.15, -0.1) is 0 Å². The molecule has 19 heavy (non-hydrogen) atoms. The molecule has 1 heterocycles. The largest absolute Gasteiger partial charge is 0.331 e. The summed E-state index contributed by atoms with van der Waals surface area (Å²) in [7, 11) is 0. The lowest BCUT2D eigenvalue weighted by Crippen LogP contribution is -2.29. The first-order chi connectivity index (χ1) is 9.31. The minimum atomic E-state index is -0.117. The first-order valence-corrected chi connectivity index (χ1v) is 6.37. The van der Waals surface area contributed by atoms with E-state index in [1.165, 1.54) is 0 Å². The summed E-state index contributed by atoms with van der Waals surface area (Å²) >= 11 is 0. The van der Waals surface area contributed by atoms with E-state index >= 15 is 0 Å². The summed E-state index contributed by atoms with van der Waals surface area (Å²) < 4.78 is 2.11. The van der Waals surface area contributed by atoms with Gasteiger partial charge in [0, 0.05) is 30.9 Å². The lowest BCUT2D eigenvalue weighted by Gasteiger charge is -2.07. The van der Waals surface area contributed by atoms with Gasteiger partial charge in [-0.05, 0) is 12.8 Å². The highest BCUT2D eigenvalue weighted by Gasteiger charge is 2.05. The molecule has 0 unspecified atom stereocenters. The van der Waals surface area contributed by atoms with Gasteiger partial charge in [0.25, 0.3) is 0 Å². The van der Waals surface area contributed by atoms with Crippen molar-refractivity contribution in [3.05, 3.63) is 42.7 Å². The van der Waals surface area contributed by atoms with Gasteiger partial charge in [0.1, 0.15) is 5.82 Å². The van der Waals surface area contributed by atoms with Crippen LogP contribution in [-0.4, -0.2) is 15.5 Å². The standard InChI is InChI=1S/C14H18N4O/c15-17-13(19)8-4-5-10-18-11-9-16-14(18)12-6-2-1-3-7-12/h1-3,6-7,9,11H,4-5,8,10,15H2,(H,17,19). The quantitative estimate of drug-likeness (QED) is 0.358. The maximum absolute atomic E-state index is 11.0. The zero-order valence-corrected chi connectivity index (χ0v) is 10.7. The summed E-state index contributed by atoms with van der Waals surface area (Å²) in [4.78, 5) is 15.4. The fourth-order valence-electron chi connectivity index (χ4n) is 1.98. The van der Waals surface area contributed by atoms with Crippen molar-refractivity contribution < 1.29 is 4.79 Å². The van der Waals surface area contributed by atoms with Crippen LogP contribution in [0, 0.1) is 0 Å². The molecule has 1 amide bonds. The first-order valence-electron chi connectivity index (χ1n) is 6.37. The van der Waals surface area contributed by atoms with Gasteiger partial charge in [0.15, 0.2) is 0 Å². The Kier molecular flexibility index (Phi) is 4.69. The summed E-state index contributed by atoms with van der Waals surface area (Å²) in [5.74, 6) is 5.88. The Morgan fingerprint density at radius 1 is 1.26 bits per heavy atom. The number of aryl methyl sites for hydroxylation is 1. The second-order valence-corrected chi connectivity index (χ2v) is 4.33. The van der Waals surface area contributed by atoms with E-state index in [1.807, 2.05) is 36.5 Å². The Balaban J connectivity index is 1.92. The maximum atomic E-state index is 11.0. The average Bonchev–Trinajstić information content (AvgIpc) is 2.92. The van der Waals surface area contributed by atoms with Crippen LogP contribution in [0.2, 0.25) is 0 Å². The molecule has 1 aromatic heterocycles. The van der Waals surface area contributed by atoms with Crippen LogP contribution in [0.3, 0.4) is 0 Å². The molecule has 0 aliphatic heterocycles. The van der Waals surface area contributed by atoms with Crippen molar-refractivity contribution in [2.45, 2.75) is 25.8 Å². The SMILES string of the molecule is NNC(=O)CCCCn1ccnc1-c1ccccc1. The highest BCUT2D eigenvalue weighted by molar-refractivity contribution is 5.75. The van der Waals surface area contributed by atoms with Crippen LogP contribution in [0.5, 0.6) is 0 Å². The van der Waals surface area contributed by atoms with Crippen molar-refractivity contribution >= 4 is 5.91 Å². The molecule has 0 bridgehead atoms. The van der Waals surface area contributed by atoms with Gasteiger partial charge >= 0.3 is 0 Å². The molecule has 3 N–H and O–H groups in total. The first kappa shape index (κ1) is 13.3. The maximum Gasteiger partial charge on any atom is 0.233 e. The normalized spacial score (nSPS) is 10.4. The number of hydrogen-bond acceptors (Lipinski definition) is 3. The number of imidazole rings is 1. The van der Waals surface area contributed by atoms with Gasteiger partial charge in [-0.2, -0.15) is 0 Å². The number of carbonyl (C=O) groups is 1. The summed E-state index contributed by atoms with van der Waals surface area (Å²) in [5, 5.41) is 0. The van der Waals surface area contributed by atoms with E-state index in [9.17, 15) is 4.79 Å². The summed E-state index contributed by atoms with van der Waals surface area (Å²) in [6.07, 6.45) is 5.96. The molecule has 0 saturated heterocycles. The third-order valence-corrected chi connectivity index (χ3v) is 2.96. The van der Waals surface area contributed by atoms with E-state index in [2.05, 4.69) is 15.0 Å². The molecule has 2 aromatic rings. The molecule has 1 aromatic carbocycles. The van der Waals surface area contributed by atoms with Crippen LogP contribution < -0.4 is 11.3 Å². The average molecular weight is 258 g/mol. The second kappa shape index (κ2) is 6.70. The third-order valence-electron chi connectivity index (χ3n) is 2.96. The minimum Gasteiger partial charge on any atom is -0.331 e. The summed E-state index contributed by atoms with van der Waals surface area (Å²) in [6.45, 7) is 0.849. The van der Waals surface area contributed by atoms with E-state index in [0.717, 1.165) is 30.8 Å². The van der Waals surface area contributed by atoms with Crippen molar-refractivity contribution in [1.29, 1.82) is 0 Å². The molecule has 2 rings (SSSR count). The van der Waals surface area contributed by atoms with Crippen molar-refractivity contribution in [2.24, 2.45) is 5.84 Å². The molecule has 0 radical (unpaired) electrons. The van der Waals surface area contributed by atoms with Gasteiger partial charge in [-0.25, -0.2) is 10.8 Å². The summed E-state index contributed by atoms with van der Waals surface area (Å²) in [5.41, 5.74) is 3.24. The number of hydrazine groups is 1. The van der Waals surface area contributed by atoms with E-state index < -0.39 is 0 Å². The number of amides is 1. The highest BCUT2D eigenvalue weighted by Crippen LogP contribution is 2.17. The molecule has 0 atom stereocenters. The number of nitrogens with two attached hydrogens (primary N) is 1. The van der Waals surface area contributed by atoms with E-state index in [1.54, 1.807) is 6.20 Å². The van der Waals surface area contributed by atoms with Crippen LogP contribution in [0.1, 0.15) is 19.3 Å². The van der Waals surface area contributed by atoms with Crippen LogP contribution in [0.4, 0.5) is 0 Å². The third kappa shape index (κ3) is 3.66. The number of benzene rings is 1. The van der Waals surface area contributed by atoms with Gasteiger partial charge in [-0.1, -0.05) is 30.3 Å². The number of nitrogens with one attached hydrogen (secondary N) is 1. The number of unbranched alkanes of at least 4 members (excludes halogenated alkanes) is 1. The predicted octanol–water partition coefficient (Wildman–Crippen LogP) is 1.71. The molecular weight excluding hydrogens is 240 g/mol. The lowest BCUT2D eigenvalue weighted by atomic mass is 10.2. The summed E-state index contributed by atoms with van der Waals surface area (Å²) in [6, 6.07) is 10.1. The zero-order chi connectivity index (χ0) is 13.5. The number of rotatable bonds is 6. The van der Waals surface area contributed by atoms with E-state index in [-0.39, 0.29) is 5.91 Å². The van der Waals surface area contributed by atoms with Crippen LogP contribution in [0.15, 0.2) is 42.7 Å². The Hall–Kier alpha value is -2.14. The van der Waals surface area contributed by atoms with Gasteiger partial charge < -0.3 is 4.57 Å². The number of aromatic nitrogens is 2. The van der Waals surface area contributed by atoms with Crippen molar-refractivity contribution in [3.63, 3.8) is 0 Å². The highest BCUT2D eigenvalue weighted by atomic mass is 16.2. The Morgan fingerprint density at radius 3 is 2.79 bits per heavy atom. The molecule has 5 heteroatoms. The zero-order valence-electron chi connectivity index (χ0n) is 10.7. The minimum absolute atomic E-state index is 0.117. The molecule has 100 valence electrons. The fraction of sp³-hybridized carbons (Fsp3) is 0.286. The smallest absolute Gasteiger partial charge is 0.233 e. The van der Waals surface area contributed by atoms with Gasteiger partial charge in [0.05, 0.1) is 0 Å². The lowest BCUT2D eigenvalue weighted by molar-refractivity contribution is -0.121. The van der Waals surface area contributed by atoms with Crippen molar-refractivity contribution in [1.82, 2.24) is 15.0 Å². The Morgan fingerprint density at radius 2 is 2.05 bits per heavy atom. The predicted molar refractivity (Wildman–Crippen MR) is 73.8 cm³/mol. The van der Waals surface area contributed by atoms with Crippen molar-refractivity contribution in [2.75, 3.05) is 0 Å². The second-order valence-electron chi connectivity index (χ2n) is 4.33. The molecule has 0 aliphatic rings. The molecule has 0 aliphatic carbocycles. The topological polar surface area (TPSA) is 72.9 Å². The molecule has 0 fully saturated rings.